The second kappa shape index (κ2) is 6.58. The molecular formula is C15H22N6O2S. The minimum absolute atomic E-state index is 0.260. The summed E-state index contributed by atoms with van der Waals surface area (Å²) in [5, 5.41) is 4.15. The Morgan fingerprint density at radius 1 is 1.33 bits per heavy atom. The third kappa shape index (κ3) is 3.33. The average molecular weight is 350 g/mol. The normalized spacial score (nSPS) is 19.2. The summed E-state index contributed by atoms with van der Waals surface area (Å²) in [5.74, 6) is 0.260. The van der Waals surface area contributed by atoms with E-state index in [1.54, 1.807) is 37.4 Å². The van der Waals surface area contributed by atoms with E-state index < -0.39 is 10.2 Å². The van der Waals surface area contributed by atoms with Crippen LogP contribution in [0.4, 0.5) is 0 Å². The van der Waals surface area contributed by atoms with Gasteiger partial charge in [0.25, 0.3) is 10.2 Å². The average Bonchev–Trinajstić information content (AvgIpc) is 3.16. The first-order valence-corrected chi connectivity index (χ1v) is 9.24. The van der Waals surface area contributed by atoms with Crippen LogP contribution in [0.1, 0.15) is 12.1 Å². The molecular weight excluding hydrogens is 328 g/mol. The van der Waals surface area contributed by atoms with Gasteiger partial charge in [-0.2, -0.15) is 22.1 Å². The van der Waals surface area contributed by atoms with Crippen LogP contribution in [0.25, 0.3) is 11.4 Å². The van der Waals surface area contributed by atoms with Crippen LogP contribution in [0.3, 0.4) is 0 Å². The number of aromatic nitrogens is 4. The Morgan fingerprint density at radius 3 is 2.79 bits per heavy atom. The summed E-state index contributed by atoms with van der Waals surface area (Å²) in [7, 11) is 1.66. The standard InChI is InChI=1S/C15H22N6O2S/c1-19(2)24(22,23)21-7-5-12(11-21)8-13-9-16-10-14(18-13)15-4-6-17-20(15)3/h4,6,9-10,12H,5,7-8,11H2,1-3H3/t12-/m0/s1. The molecule has 8 nitrogen and oxygen atoms in total. The van der Waals surface area contributed by atoms with Gasteiger partial charge in [-0.1, -0.05) is 0 Å². The molecule has 1 aliphatic rings. The zero-order valence-electron chi connectivity index (χ0n) is 14.1. The lowest BCUT2D eigenvalue weighted by atomic mass is 10.0. The molecule has 0 radical (unpaired) electrons. The second-order valence-electron chi connectivity index (χ2n) is 6.24. The Hall–Kier alpha value is -1.84. The quantitative estimate of drug-likeness (QED) is 0.786. The van der Waals surface area contributed by atoms with Gasteiger partial charge in [-0.25, -0.2) is 4.98 Å². The van der Waals surface area contributed by atoms with E-state index in [0.717, 1.165) is 29.9 Å². The van der Waals surface area contributed by atoms with E-state index in [0.29, 0.717) is 13.1 Å². The molecule has 0 aliphatic carbocycles. The van der Waals surface area contributed by atoms with E-state index in [2.05, 4.69) is 15.1 Å². The lowest BCUT2D eigenvalue weighted by Gasteiger charge is -2.20. The molecule has 0 spiro atoms. The highest BCUT2D eigenvalue weighted by atomic mass is 32.2. The van der Waals surface area contributed by atoms with E-state index in [1.807, 2.05) is 13.1 Å². The van der Waals surface area contributed by atoms with Crippen LogP contribution in [-0.4, -0.2) is 64.0 Å². The molecule has 0 aromatic carbocycles. The molecule has 130 valence electrons. The molecule has 2 aromatic heterocycles. The van der Waals surface area contributed by atoms with Crippen molar-refractivity contribution in [1.29, 1.82) is 0 Å². The molecule has 0 N–H and O–H groups in total. The molecule has 3 rings (SSSR count). The number of hydrogen-bond acceptors (Lipinski definition) is 5. The lowest BCUT2D eigenvalue weighted by molar-refractivity contribution is 0.409. The Balaban J connectivity index is 1.71. The van der Waals surface area contributed by atoms with Gasteiger partial charge in [0, 0.05) is 46.6 Å². The highest BCUT2D eigenvalue weighted by Gasteiger charge is 2.32. The van der Waals surface area contributed by atoms with Crippen molar-refractivity contribution in [3.8, 4) is 11.4 Å². The van der Waals surface area contributed by atoms with Crippen LogP contribution in [0.5, 0.6) is 0 Å². The maximum Gasteiger partial charge on any atom is 0.281 e. The van der Waals surface area contributed by atoms with Gasteiger partial charge < -0.3 is 0 Å². The number of hydrogen-bond donors (Lipinski definition) is 0. The van der Waals surface area contributed by atoms with E-state index in [-0.39, 0.29) is 5.92 Å². The van der Waals surface area contributed by atoms with Crippen molar-refractivity contribution in [2.45, 2.75) is 12.8 Å². The first-order chi connectivity index (χ1) is 11.4. The van der Waals surface area contributed by atoms with Crippen molar-refractivity contribution in [2.75, 3.05) is 27.2 Å². The van der Waals surface area contributed by atoms with E-state index in [1.165, 1.54) is 8.61 Å². The molecule has 9 heteroatoms. The molecule has 3 heterocycles. The molecule has 24 heavy (non-hydrogen) atoms. The first kappa shape index (κ1) is 17.0. The smallest absolute Gasteiger partial charge is 0.266 e. The highest BCUT2D eigenvalue weighted by Crippen LogP contribution is 2.24. The van der Waals surface area contributed by atoms with Crippen LogP contribution in [0, 0.1) is 5.92 Å². The van der Waals surface area contributed by atoms with Gasteiger partial charge in [-0.05, 0) is 24.8 Å². The zero-order valence-corrected chi connectivity index (χ0v) is 14.9. The van der Waals surface area contributed by atoms with Crippen molar-refractivity contribution in [2.24, 2.45) is 13.0 Å². The fraction of sp³-hybridized carbons (Fsp3) is 0.533. The number of nitrogens with zero attached hydrogens (tertiary/aromatic N) is 6. The van der Waals surface area contributed by atoms with Gasteiger partial charge >= 0.3 is 0 Å². The van der Waals surface area contributed by atoms with Gasteiger partial charge in [0.15, 0.2) is 0 Å². The Morgan fingerprint density at radius 2 is 2.12 bits per heavy atom. The van der Waals surface area contributed by atoms with Gasteiger partial charge in [0.1, 0.15) is 5.69 Å². The summed E-state index contributed by atoms with van der Waals surface area (Å²) in [4.78, 5) is 8.94. The van der Waals surface area contributed by atoms with E-state index in [9.17, 15) is 8.42 Å². The largest absolute Gasteiger partial charge is 0.281 e. The summed E-state index contributed by atoms with van der Waals surface area (Å²) < 4.78 is 28.9. The number of aryl methyl sites for hydroxylation is 1. The molecule has 0 bridgehead atoms. The topological polar surface area (TPSA) is 84.2 Å². The summed E-state index contributed by atoms with van der Waals surface area (Å²) in [6.07, 6.45) is 6.76. The van der Waals surface area contributed by atoms with Gasteiger partial charge in [0.2, 0.25) is 0 Å². The molecule has 0 saturated carbocycles. The van der Waals surface area contributed by atoms with Crippen LogP contribution in [0.15, 0.2) is 24.7 Å². The zero-order chi connectivity index (χ0) is 17.3. The second-order valence-corrected chi connectivity index (χ2v) is 8.39. The Labute approximate surface area is 142 Å². The predicted octanol–water partition coefficient (Wildman–Crippen LogP) is 0.548. The van der Waals surface area contributed by atoms with Crippen LogP contribution < -0.4 is 0 Å². The van der Waals surface area contributed by atoms with Gasteiger partial charge in [0.05, 0.1) is 17.6 Å². The minimum atomic E-state index is -3.33. The SMILES string of the molecule is CN(C)S(=O)(=O)N1CC[C@@H](Cc2cncc(-c3ccnn3C)n2)C1. The maximum absolute atomic E-state index is 12.2. The minimum Gasteiger partial charge on any atom is -0.266 e. The summed E-state index contributed by atoms with van der Waals surface area (Å²) in [6, 6.07) is 1.90. The first-order valence-electron chi connectivity index (χ1n) is 7.85. The molecule has 1 atom stereocenters. The summed E-state index contributed by atoms with van der Waals surface area (Å²) >= 11 is 0. The molecule has 0 amide bonds. The van der Waals surface area contributed by atoms with E-state index >= 15 is 0 Å². The Kier molecular flexibility index (Phi) is 4.66. The third-order valence-electron chi connectivity index (χ3n) is 4.30. The van der Waals surface area contributed by atoms with Gasteiger partial charge in [-0.15, -0.1) is 0 Å². The predicted molar refractivity (Wildman–Crippen MR) is 90.2 cm³/mol. The van der Waals surface area contributed by atoms with Crippen molar-refractivity contribution in [3.05, 3.63) is 30.4 Å². The highest BCUT2D eigenvalue weighted by molar-refractivity contribution is 7.86. The van der Waals surface area contributed by atoms with Crippen molar-refractivity contribution >= 4 is 10.2 Å². The fourth-order valence-corrected chi connectivity index (χ4v) is 4.15. The fourth-order valence-electron chi connectivity index (χ4n) is 2.95. The van der Waals surface area contributed by atoms with Gasteiger partial charge in [-0.3, -0.25) is 9.67 Å². The summed E-state index contributed by atoms with van der Waals surface area (Å²) in [6.45, 7) is 1.08. The molecule has 1 saturated heterocycles. The van der Waals surface area contributed by atoms with Crippen molar-refractivity contribution in [3.63, 3.8) is 0 Å². The molecule has 2 aromatic rings. The molecule has 1 fully saturated rings. The van der Waals surface area contributed by atoms with E-state index in [4.69, 9.17) is 0 Å². The van der Waals surface area contributed by atoms with Crippen LogP contribution >= 0.6 is 0 Å². The third-order valence-corrected chi connectivity index (χ3v) is 6.21. The molecule has 0 unspecified atom stereocenters. The maximum atomic E-state index is 12.2. The van der Waals surface area contributed by atoms with Crippen LogP contribution in [-0.2, 0) is 23.7 Å². The Bertz CT molecular complexity index is 817. The van der Waals surface area contributed by atoms with Crippen molar-refractivity contribution < 1.29 is 8.42 Å². The monoisotopic (exact) mass is 350 g/mol. The lowest BCUT2D eigenvalue weighted by Crippen LogP contribution is -2.38. The molecule has 1 aliphatic heterocycles. The van der Waals surface area contributed by atoms with Crippen LogP contribution in [0.2, 0.25) is 0 Å². The summed E-state index contributed by atoms with van der Waals surface area (Å²) in [5.41, 5.74) is 2.57. The number of rotatable bonds is 5. The van der Waals surface area contributed by atoms with Crippen molar-refractivity contribution in [1.82, 2.24) is 28.4 Å².